The first-order chi connectivity index (χ1) is 11.4. The third-order valence-electron chi connectivity index (χ3n) is 3.43. The molecule has 4 nitrogen and oxygen atoms in total. The number of hydrogen-bond acceptors (Lipinski definition) is 3. The summed E-state index contributed by atoms with van der Waals surface area (Å²) in [5, 5.41) is 7.46. The third-order valence-corrected chi connectivity index (χ3v) is 4.29. The lowest BCUT2D eigenvalue weighted by atomic mass is 10.1. The van der Waals surface area contributed by atoms with Crippen molar-refractivity contribution in [2.45, 2.75) is 13.0 Å². The van der Waals surface area contributed by atoms with Gasteiger partial charge in [0.05, 0.1) is 18.7 Å². The summed E-state index contributed by atoms with van der Waals surface area (Å²) in [6.45, 7) is 2.05. The normalized spacial score (nSPS) is 11.9. The molecule has 1 amide bonds. The van der Waals surface area contributed by atoms with Gasteiger partial charge in [0.2, 0.25) is 5.91 Å². The van der Waals surface area contributed by atoms with E-state index in [4.69, 9.17) is 39.5 Å². The zero-order valence-electron chi connectivity index (χ0n) is 13.2. The largest absolute Gasteiger partial charge is 0.495 e. The van der Waals surface area contributed by atoms with E-state index >= 15 is 0 Å². The Labute approximate surface area is 156 Å². The number of benzene rings is 2. The fraction of sp³-hybridized carbons (Fsp3) is 0.235. The number of halogens is 3. The molecule has 0 radical (unpaired) electrons. The molecule has 0 saturated carbocycles. The Morgan fingerprint density at radius 3 is 2.50 bits per heavy atom. The molecule has 0 fully saturated rings. The molecule has 1 atom stereocenters. The van der Waals surface area contributed by atoms with Crippen LogP contribution >= 0.6 is 34.8 Å². The molecule has 128 valence electrons. The van der Waals surface area contributed by atoms with E-state index in [-0.39, 0.29) is 18.5 Å². The van der Waals surface area contributed by atoms with Gasteiger partial charge in [-0.1, -0.05) is 40.9 Å². The summed E-state index contributed by atoms with van der Waals surface area (Å²) in [7, 11) is 1.53. The smallest absolute Gasteiger partial charge is 0.238 e. The minimum atomic E-state index is -0.187. The number of rotatable bonds is 6. The van der Waals surface area contributed by atoms with Gasteiger partial charge in [-0.05, 0) is 42.8 Å². The molecule has 24 heavy (non-hydrogen) atoms. The van der Waals surface area contributed by atoms with E-state index in [9.17, 15) is 4.79 Å². The molecule has 0 aliphatic heterocycles. The first kappa shape index (κ1) is 18.9. The van der Waals surface area contributed by atoms with Crippen LogP contribution in [0.4, 0.5) is 5.69 Å². The van der Waals surface area contributed by atoms with E-state index in [1.165, 1.54) is 7.11 Å². The topological polar surface area (TPSA) is 50.4 Å². The number of anilines is 1. The maximum atomic E-state index is 12.1. The highest BCUT2D eigenvalue weighted by atomic mass is 35.5. The Balaban J connectivity index is 1.92. The SMILES string of the molecule is COc1ccc(NC(=O)CN[C@H](C)c2ccc(Cl)cc2Cl)cc1Cl. The summed E-state index contributed by atoms with van der Waals surface area (Å²) < 4.78 is 5.07. The van der Waals surface area contributed by atoms with Crippen LogP contribution in [0.1, 0.15) is 18.5 Å². The molecule has 0 aromatic heterocycles. The summed E-state index contributed by atoms with van der Waals surface area (Å²) >= 11 is 18.1. The monoisotopic (exact) mass is 386 g/mol. The Morgan fingerprint density at radius 2 is 1.88 bits per heavy atom. The van der Waals surface area contributed by atoms with Gasteiger partial charge in [0, 0.05) is 21.8 Å². The van der Waals surface area contributed by atoms with Crippen LogP contribution in [-0.4, -0.2) is 19.6 Å². The summed E-state index contributed by atoms with van der Waals surface area (Å²) in [6.07, 6.45) is 0. The molecule has 7 heteroatoms. The number of carbonyl (C=O) groups is 1. The van der Waals surface area contributed by atoms with Crippen molar-refractivity contribution in [2.24, 2.45) is 0 Å². The zero-order chi connectivity index (χ0) is 17.7. The second-order valence-corrected chi connectivity index (χ2v) is 6.42. The van der Waals surface area contributed by atoms with E-state index in [2.05, 4.69) is 10.6 Å². The predicted molar refractivity (Wildman–Crippen MR) is 99.5 cm³/mol. The summed E-state index contributed by atoms with van der Waals surface area (Å²) in [6, 6.07) is 10.2. The predicted octanol–water partition coefficient (Wildman–Crippen LogP) is 4.94. The van der Waals surface area contributed by atoms with Gasteiger partial charge in [0.15, 0.2) is 0 Å². The van der Waals surface area contributed by atoms with Crippen LogP contribution in [-0.2, 0) is 4.79 Å². The molecule has 2 rings (SSSR count). The molecule has 2 N–H and O–H groups in total. The minimum absolute atomic E-state index is 0.0972. The molecule has 0 spiro atoms. The highest BCUT2D eigenvalue weighted by Gasteiger charge is 2.12. The molecule has 0 saturated heterocycles. The number of carbonyl (C=O) groups excluding carboxylic acids is 1. The number of hydrogen-bond donors (Lipinski definition) is 2. The molecule has 0 heterocycles. The number of nitrogens with one attached hydrogen (secondary N) is 2. The molecule has 2 aromatic rings. The van der Waals surface area contributed by atoms with Gasteiger partial charge < -0.3 is 15.4 Å². The first-order valence-electron chi connectivity index (χ1n) is 7.22. The van der Waals surface area contributed by atoms with Gasteiger partial charge in [0.25, 0.3) is 0 Å². The summed E-state index contributed by atoms with van der Waals surface area (Å²) in [5.74, 6) is 0.368. The number of methoxy groups -OCH3 is 1. The summed E-state index contributed by atoms with van der Waals surface area (Å²) in [5.41, 5.74) is 1.48. The van der Waals surface area contributed by atoms with Gasteiger partial charge in [-0.2, -0.15) is 0 Å². The molecular formula is C17H17Cl3N2O2. The standard InChI is InChI=1S/C17H17Cl3N2O2/c1-10(13-5-3-11(18)7-14(13)19)21-9-17(23)22-12-4-6-16(24-2)15(20)8-12/h3-8,10,21H,9H2,1-2H3,(H,22,23)/t10-/m1/s1. The third kappa shape index (κ3) is 5.02. The molecule has 0 aliphatic rings. The van der Waals surface area contributed by atoms with Crippen LogP contribution in [0.5, 0.6) is 5.75 Å². The second kappa shape index (κ2) is 8.58. The van der Waals surface area contributed by atoms with Crippen LogP contribution in [0.15, 0.2) is 36.4 Å². The summed E-state index contributed by atoms with van der Waals surface area (Å²) in [4.78, 5) is 12.1. The van der Waals surface area contributed by atoms with Crippen LogP contribution in [0.2, 0.25) is 15.1 Å². The van der Waals surface area contributed by atoms with Crippen molar-refractivity contribution < 1.29 is 9.53 Å². The zero-order valence-corrected chi connectivity index (χ0v) is 15.5. The minimum Gasteiger partial charge on any atom is -0.495 e. The highest BCUT2D eigenvalue weighted by molar-refractivity contribution is 6.35. The first-order valence-corrected chi connectivity index (χ1v) is 8.36. The van der Waals surface area contributed by atoms with Crippen molar-refractivity contribution in [2.75, 3.05) is 19.0 Å². The average molecular weight is 388 g/mol. The van der Waals surface area contributed by atoms with Gasteiger partial charge in [-0.15, -0.1) is 0 Å². The van der Waals surface area contributed by atoms with E-state index < -0.39 is 0 Å². The van der Waals surface area contributed by atoms with Crippen molar-refractivity contribution >= 4 is 46.4 Å². The Kier molecular flexibility index (Phi) is 6.75. The lowest BCUT2D eigenvalue weighted by Crippen LogP contribution is -2.30. The molecule has 2 aromatic carbocycles. The van der Waals surface area contributed by atoms with E-state index in [0.29, 0.717) is 26.5 Å². The lowest BCUT2D eigenvalue weighted by molar-refractivity contribution is -0.115. The van der Waals surface area contributed by atoms with Crippen LogP contribution in [0.3, 0.4) is 0 Å². The fourth-order valence-electron chi connectivity index (χ4n) is 2.16. The van der Waals surface area contributed by atoms with Crippen molar-refractivity contribution in [3.63, 3.8) is 0 Å². The molecule has 0 unspecified atom stereocenters. The van der Waals surface area contributed by atoms with E-state index in [1.54, 1.807) is 30.3 Å². The Morgan fingerprint density at radius 1 is 1.12 bits per heavy atom. The molecule has 0 aliphatic carbocycles. The second-order valence-electron chi connectivity index (χ2n) is 5.17. The van der Waals surface area contributed by atoms with Crippen molar-refractivity contribution in [1.29, 1.82) is 0 Å². The van der Waals surface area contributed by atoms with Crippen molar-refractivity contribution in [1.82, 2.24) is 5.32 Å². The van der Waals surface area contributed by atoms with Gasteiger partial charge in [0.1, 0.15) is 5.75 Å². The van der Waals surface area contributed by atoms with Gasteiger partial charge in [-0.3, -0.25) is 4.79 Å². The lowest BCUT2D eigenvalue weighted by Gasteiger charge is -2.16. The molecule has 0 bridgehead atoms. The fourth-order valence-corrected chi connectivity index (χ4v) is 2.99. The Hall–Kier alpha value is -1.46. The number of amides is 1. The van der Waals surface area contributed by atoms with Crippen LogP contribution < -0.4 is 15.4 Å². The quantitative estimate of drug-likeness (QED) is 0.737. The van der Waals surface area contributed by atoms with Gasteiger partial charge in [-0.25, -0.2) is 0 Å². The van der Waals surface area contributed by atoms with Crippen molar-refractivity contribution in [3.05, 3.63) is 57.0 Å². The Bertz CT molecular complexity index is 738. The van der Waals surface area contributed by atoms with E-state index in [0.717, 1.165) is 5.56 Å². The maximum Gasteiger partial charge on any atom is 0.238 e. The maximum absolute atomic E-state index is 12.1. The average Bonchev–Trinajstić information content (AvgIpc) is 2.53. The van der Waals surface area contributed by atoms with Gasteiger partial charge >= 0.3 is 0 Å². The van der Waals surface area contributed by atoms with Crippen molar-refractivity contribution in [3.8, 4) is 5.75 Å². The van der Waals surface area contributed by atoms with Crippen LogP contribution in [0.25, 0.3) is 0 Å². The highest BCUT2D eigenvalue weighted by Crippen LogP contribution is 2.27. The number of ether oxygens (including phenoxy) is 1. The molecular weight excluding hydrogens is 371 g/mol. The van der Waals surface area contributed by atoms with E-state index in [1.807, 2.05) is 13.0 Å². The van der Waals surface area contributed by atoms with Crippen LogP contribution in [0, 0.1) is 0 Å².